The molecule has 3 N–H and O–H groups in total. The van der Waals surface area contributed by atoms with E-state index in [-0.39, 0.29) is 34.7 Å². The standard InChI is InChI=1S/C27H28BrClN2O6S.CH2O2/c1-36-26-13-25(18(11-23(26)28)14-31-9-8-20(32)15-31)37-16-17-4-3-5-19(10-17)30-27(33)22-7-6-21(12-24(22)29)38(2,34)35;2-1-3/h3-7,10-13,20,32H,8-9,14-16H2,1-2H3,(H,30,33);1H,(H,2,3)/t20-;/m0./s1. The van der Waals surface area contributed by atoms with Crippen molar-refractivity contribution in [1.82, 2.24) is 4.90 Å². The van der Waals surface area contributed by atoms with Crippen LogP contribution in [0.25, 0.3) is 0 Å². The van der Waals surface area contributed by atoms with Crippen LogP contribution >= 0.6 is 27.5 Å². The second-order valence-corrected chi connectivity index (χ2v) is 12.5. The van der Waals surface area contributed by atoms with Crippen LogP contribution in [0.1, 0.15) is 27.9 Å². The number of carboxylic acid groups (broad SMARTS) is 1. The third-order valence-electron chi connectivity index (χ3n) is 6.17. The normalized spacial score (nSPS) is 15.0. The van der Waals surface area contributed by atoms with Gasteiger partial charge in [-0.05, 0) is 64.3 Å². The molecule has 13 heteroatoms. The first-order chi connectivity index (χ1) is 19.4. The van der Waals surface area contributed by atoms with Crippen molar-refractivity contribution in [3.05, 3.63) is 80.8 Å². The molecule has 41 heavy (non-hydrogen) atoms. The molecule has 4 rings (SSSR count). The number of carbonyl (C=O) groups excluding carboxylic acids is 1. The number of hydrogen-bond acceptors (Lipinski definition) is 8. The number of anilines is 1. The quantitative estimate of drug-likeness (QED) is 0.279. The van der Waals surface area contributed by atoms with E-state index in [1.807, 2.05) is 18.2 Å². The molecular weight excluding hydrogens is 640 g/mol. The lowest BCUT2D eigenvalue weighted by atomic mass is 10.1. The second kappa shape index (κ2) is 14.6. The third-order valence-corrected chi connectivity index (χ3v) is 8.21. The number of amides is 1. The Balaban J connectivity index is 0.00000147. The van der Waals surface area contributed by atoms with E-state index in [2.05, 4.69) is 26.1 Å². The molecule has 1 heterocycles. The summed E-state index contributed by atoms with van der Waals surface area (Å²) >= 11 is 9.73. The molecule has 1 saturated heterocycles. The van der Waals surface area contributed by atoms with Crippen molar-refractivity contribution < 1.29 is 37.7 Å². The van der Waals surface area contributed by atoms with E-state index in [4.69, 9.17) is 31.0 Å². The Hall–Kier alpha value is -3.16. The monoisotopic (exact) mass is 668 g/mol. The minimum absolute atomic E-state index is 0.0445. The average Bonchev–Trinajstić information content (AvgIpc) is 3.32. The maximum Gasteiger partial charge on any atom is 0.290 e. The van der Waals surface area contributed by atoms with Gasteiger partial charge in [0, 0.05) is 43.2 Å². The number of sulfone groups is 1. The van der Waals surface area contributed by atoms with E-state index < -0.39 is 15.7 Å². The molecular formula is C28H30BrClN2O8S. The van der Waals surface area contributed by atoms with Gasteiger partial charge in [0.2, 0.25) is 0 Å². The number of rotatable bonds is 9. The number of nitrogens with zero attached hydrogens (tertiary/aromatic N) is 1. The SMILES string of the molecule is COc1cc(OCc2cccc(NC(=O)c3ccc(S(C)(=O)=O)cc3Cl)c2)c(CN2CC[C@H](O)C2)cc1Br.O=CO. The summed E-state index contributed by atoms with van der Waals surface area (Å²) < 4.78 is 35.9. The zero-order valence-electron chi connectivity index (χ0n) is 22.3. The van der Waals surface area contributed by atoms with Crippen molar-refractivity contribution >= 4 is 55.4 Å². The molecule has 1 atom stereocenters. The van der Waals surface area contributed by atoms with Crippen LogP contribution in [0.3, 0.4) is 0 Å². The van der Waals surface area contributed by atoms with Crippen molar-refractivity contribution in [3.8, 4) is 11.5 Å². The molecule has 1 amide bonds. The van der Waals surface area contributed by atoms with E-state index in [0.717, 1.165) is 34.8 Å². The van der Waals surface area contributed by atoms with Gasteiger partial charge >= 0.3 is 0 Å². The van der Waals surface area contributed by atoms with Crippen molar-refractivity contribution in [2.75, 3.05) is 31.8 Å². The summed E-state index contributed by atoms with van der Waals surface area (Å²) in [5.74, 6) is 0.851. The van der Waals surface area contributed by atoms with Crippen LogP contribution in [-0.2, 0) is 27.8 Å². The first-order valence-corrected chi connectivity index (χ1v) is 15.4. The lowest BCUT2D eigenvalue weighted by Gasteiger charge is -2.19. The highest BCUT2D eigenvalue weighted by molar-refractivity contribution is 9.10. The molecule has 0 aromatic heterocycles. The first-order valence-electron chi connectivity index (χ1n) is 12.3. The first kappa shape index (κ1) is 32.4. The van der Waals surface area contributed by atoms with Crippen molar-refractivity contribution in [2.24, 2.45) is 0 Å². The highest BCUT2D eigenvalue weighted by Gasteiger charge is 2.22. The molecule has 0 spiro atoms. The van der Waals surface area contributed by atoms with Crippen molar-refractivity contribution in [2.45, 2.75) is 30.6 Å². The summed E-state index contributed by atoms with van der Waals surface area (Å²) in [5.41, 5.74) is 2.49. The van der Waals surface area contributed by atoms with Crippen LogP contribution < -0.4 is 14.8 Å². The van der Waals surface area contributed by atoms with Crippen LogP contribution in [0.2, 0.25) is 5.02 Å². The van der Waals surface area contributed by atoms with Gasteiger partial charge in [0.1, 0.15) is 18.1 Å². The minimum atomic E-state index is -3.44. The van der Waals surface area contributed by atoms with E-state index in [9.17, 15) is 18.3 Å². The van der Waals surface area contributed by atoms with Crippen LogP contribution in [-0.4, -0.2) is 68.5 Å². The summed E-state index contributed by atoms with van der Waals surface area (Å²) in [5, 5.41) is 19.6. The number of ether oxygens (including phenoxy) is 2. The number of benzene rings is 3. The van der Waals surface area contributed by atoms with Gasteiger partial charge < -0.3 is 25.0 Å². The molecule has 3 aromatic carbocycles. The van der Waals surface area contributed by atoms with Crippen LogP contribution in [0, 0.1) is 0 Å². The number of carbonyl (C=O) groups is 2. The van der Waals surface area contributed by atoms with Crippen molar-refractivity contribution in [1.29, 1.82) is 0 Å². The molecule has 0 unspecified atom stereocenters. The number of halogens is 2. The van der Waals surface area contributed by atoms with E-state index in [1.165, 1.54) is 18.2 Å². The Morgan fingerprint density at radius 2 is 1.93 bits per heavy atom. The fourth-order valence-electron chi connectivity index (χ4n) is 4.20. The Bertz CT molecular complexity index is 1500. The summed E-state index contributed by atoms with van der Waals surface area (Å²) in [6.07, 6.45) is 1.52. The summed E-state index contributed by atoms with van der Waals surface area (Å²) in [6.45, 7) is 2.05. The van der Waals surface area contributed by atoms with Gasteiger partial charge in [0.15, 0.2) is 9.84 Å². The fraction of sp³-hybridized carbons (Fsp3) is 0.286. The predicted octanol–water partition coefficient (Wildman–Crippen LogP) is 4.61. The zero-order chi connectivity index (χ0) is 30.2. The number of aliphatic hydroxyl groups excluding tert-OH is 1. The smallest absolute Gasteiger partial charge is 0.290 e. The number of β-amino-alcohol motifs (C(OH)–C–C–N with tert-alkyl or cyclic N) is 1. The van der Waals surface area contributed by atoms with Crippen molar-refractivity contribution in [3.63, 3.8) is 0 Å². The number of aliphatic hydroxyl groups is 1. The lowest BCUT2D eigenvalue weighted by molar-refractivity contribution is -0.122. The van der Waals surface area contributed by atoms with Gasteiger partial charge in [-0.2, -0.15) is 0 Å². The summed E-state index contributed by atoms with van der Waals surface area (Å²) in [7, 11) is -1.84. The van der Waals surface area contributed by atoms with Gasteiger partial charge in [-0.3, -0.25) is 14.5 Å². The largest absolute Gasteiger partial charge is 0.495 e. The minimum Gasteiger partial charge on any atom is -0.495 e. The Morgan fingerprint density at radius 1 is 1.20 bits per heavy atom. The topological polar surface area (TPSA) is 142 Å². The van der Waals surface area contributed by atoms with E-state index >= 15 is 0 Å². The highest BCUT2D eigenvalue weighted by Crippen LogP contribution is 2.35. The molecule has 1 fully saturated rings. The van der Waals surface area contributed by atoms with Gasteiger partial charge in [0.25, 0.3) is 12.4 Å². The Labute approximate surface area is 251 Å². The predicted molar refractivity (Wildman–Crippen MR) is 159 cm³/mol. The van der Waals surface area contributed by atoms with Gasteiger partial charge in [-0.25, -0.2) is 8.42 Å². The maximum absolute atomic E-state index is 12.8. The lowest BCUT2D eigenvalue weighted by Crippen LogP contribution is -2.22. The highest BCUT2D eigenvalue weighted by atomic mass is 79.9. The third kappa shape index (κ3) is 9.17. The van der Waals surface area contributed by atoms with Crippen LogP contribution in [0.4, 0.5) is 5.69 Å². The molecule has 1 aliphatic heterocycles. The molecule has 1 aliphatic rings. The number of likely N-dealkylation sites (tertiary alicyclic amines) is 1. The van der Waals surface area contributed by atoms with Gasteiger partial charge in [0.05, 0.1) is 33.2 Å². The molecule has 220 valence electrons. The molecule has 0 saturated carbocycles. The Morgan fingerprint density at radius 3 is 2.54 bits per heavy atom. The Kier molecular flexibility index (Phi) is 11.6. The average molecular weight is 670 g/mol. The van der Waals surface area contributed by atoms with Crippen LogP contribution in [0.5, 0.6) is 11.5 Å². The number of nitrogens with one attached hydrogen (secondary N) is 1. The molecule has 0 aliphatic carbocycles. The van der Waals surface area contributed by atoms with Gasteiger partial charge in [-0.15, -0.1) is 0 Å². The summed E-state index contributed by atoms with van der Waals surface area (Å²) in [4.78, 5) is 23.4. The molecule has 0 bridgehead atoms. The zero-order valence-corrected chi connectivity index (χ0v) is 25.5. The molecule has 3 aromatic rings. The number of hydrogen-bond donors (Lipinski definition) is 3. The van der Waals surface area contributed by atoms with Gasteiger partial charge in [-0.1, -0.05) is 23.7 Å². The molecule has 10 nitrogen and oxygen atoms in total. The van der Waals surface area contributed by atoms with E-state index in [0.29, 0.717) is 30.3 Å². The van der Waals surface area contributed by atoms with Crippen LogP contribution in [0.15, 0.2) is 64.0 Å². The molecule has 0 radical (unpaired) electrons. The maximum atomic E-state index is 12.8. The summed E-state index contributed by atoms with van der Waals surface area (Å²) in [6, 6.07) is 15.0. The number of methoxy groups -OCH3 is 1. The second-order valence-electron chi connectivity index (χ2n) is 9.23. The van der Waals surface area contributed by atoms with E-state index in [1.54, 1.807) is 25.3 Å². The fourth-order valence-corrected chi connectivity index (χ4v) is 5.73.